The number of hydrogen-bond acceptors (Lipinski definition) is 5. The van der Waals surface area contributed by atoms with Gasteiger partial charge in [-0.1, -0.05) is 48.5 Å². The van der Waals surface area contributed by atoms with Gasteiger partial charge in [-0.3, -0.25) is 9.88 Å². The molecule has 6 heteroatoms. The first-order chi connectivity index (χ1) is 16.5. The van der Waals surface area contributed by atoms with Gasteiger partial charge in [-0.05, 0) is 46.9 Å². The van der Waals surface area contributed by atoms with Crippen LogP contribution in [0.25, 0.3) is 11.1 Å². The number of nitrogens with zero attached hydrogens (tertiary/aromatic N) is 2. The maximum atomic E-state index is 13.3. The van der Waals surface area contributed by atoms with Crippen LogP contribution in [0.2, 0.25) is 0 Å². The minimum Gasteiger partial charge on any atom is -0.448 e. The summed E-state index contributed by atoms with van der Waals surface area (Å²) < 4.78 is 11.7. The fourth-order valence-corrected chi connectivity index (χ4v) is 5.94. The molecular weight excluding hydrogens is 428 g/mol. The molecule has 2 aromatic carbocycles. The Morgan fingerprint density at radius 3 is 2.29 bits per heavy atom. The first-order valence-electron chi connectivity index (χ1n) is 11.9. The van der Waals surface area contributed by atoms with Crippen molar-refractivity contribution in [2.45, 2.75) is 43.4 Å². The quantitative estimate of drug-likeness (QED) is 0.633. The van der Waals surface area contributed by atoms with Crippen molar-refractivity contribution in [1.82, 2.24) is 9.88 Å². The zero-order chi connectivity index (χ0) is 23.3. The fraction of sp³-hybridized carbons (Fsp3) is 0.357. The predicted octanol–water partition coefficient (Wildman–Crippen LogP) is 4.39. The van der Waals surface area contributed by atoms with E-state index in [0.29, 0.717) is 31.7 Å². The summed E-state index contributed by atoms with van der Waals surface area (Å²) in [6, 6.07) is 20.0. The van der Waals surface area contributed by atoms with Crippen molar-refractivity contribution in [2.75, 3.05) is 19.8 Å². The van der Waals surface area contributed by atoms with E-state index in [9.17, 15) is 9.90 Å². The number of aryl methyl sites for hydroxylation is 1. The lowest BCUT2D eigenvalue weighted by molar-refractivity contribution is -0.138. The first-order valence-corrected chi connectivity index (χ1v) is 11.9. The predicted molar refractivity (Wildman–Crippen MR) is 127 cm³/mol. The number of pyridine rings is 1. The number of carbonyl (C=O) groups excluding carboxylic acids is 1. The van der Waals surface area contributed by atoms with Crippen LogP contribution in [0.4, 0.5) is 4.79 Å². The van der Waals surface area contributed by atoms with Crippen LogP contribution in [0.5, 0.6) is 0 Å². The van der Waals surface area contributed by atoms with Gasteiger partial charge in [-0.25, -0.2) is 4.79 Å². The van der Waals surface area contributed by atoms with Gasteiger partial charge in [0.25, 0.3) is 0 Å². The van der Waals surface area contributed by atoms with Gasteiger partial charge in [0, 0.05) is 25.0 Å². The van der Waals surface area contributed by atoms with Crippen molar-refractivity contribution in [2.24, 2.45) is 0 Å². The normalized spacial score (nSPS) is 25.5. The summed E-state index contributed by atoms with van der Waals surface area (Å²) in [4.78, 5) is 19.6. The Balaban J connectivity index is 1.21. The molecule has 6 nitrogen and oxygen atoms in total. The van der Waals surface area contributed by atoms with Crippen molar-refractivity contribution in [3.05, 3.63) is 89.2 Å². The number of carbonyl (C=O) groups is 1. The zero-order valence-corrected chi connectivity index (χ0v) is 19.2. The number of piperidine rings is 1. The van der Waals surface area contributed by atoms with Crippen molar-refractivity contribution in [1.29, 1.82) is 0 Å². The van der Waals surface area contributed by atoms with E-state index in [-0.39, 0.29) is 30.7 Å². The van der Waals surface area contributed by atoms with Crippen molar-refractivity contribution in [3.63, 3.8) is 0 Å². The van der Waals surface area contributed by atoms with Crippen LogP contribution in [-0.4, -0.2) is 53.0 Å². The first kappa shape index (κ1) is 21.3. The third-order valence-electron chi connectivity index (χ3n) is 7.49. The van der Waals surface area contributed by atoms with E-state index in [0.717, 1.165) is 5.56 Å². The molecule has 34 heavy (non-hydrogen) atoms. The molecule has 2 unspecified atom stereocenters. The Labute approximate surface area is 199 Å². The Morgan fingerprint density at radius 2 is 1.68 bits per heavy atom. The van der Waals surface area contributed by atoms with Crippen molar-refractivity contribution in [3.8, 4) is 11.1 Å². The Bertz CT molecular complexity index is 1180. The van der Waals surface area contributed by atoms with Crippen LogP contribution < -0.4 is 0 Å². The molecule has 0 saturated carbocycles. The number of fused-ring (bicyclic) bond motifs is 5. The average Bonchev–Trinajstić information content (AvgIpc) is 3.16. The summed E-state index contributed by atoms with van der Waals surface area (Å²) in [7, 11) is 0. The summed E-state index contributed by atoms with van der Waals surface area (Å²) in [6.07, 6.45) is 2.15. The second-order valence-electron chi connectivity index (χ2n) is 9.71. The molecule has 2 atom stereocenters. The van der Waals surface area contributed by atoms with E-state index in [4.69, 9.17) is 9.47 Å². The minimum atomic E-state index is -1.08. The van der Waals surface area contributed by atoms with E-state index < -0.39 is 5.60 Å². The van der Waals surface area contributed by atoms with Crippen molar-refractivity contribution >= 4 is 6.09 Å². The van der Waals surface area contributed by atoms with Gasteiger partial charge in [0.1, 0.15) is 12.2 Å². The highest BCUT2D eigenvalue weighted by Crippen LogP contribution is 2.45. The van der Waals surface area contributed by atoms with Crippen LogP contribution in [0.15, 0.2) is 66.9 Å². The molecule has 3 aliphatic rings. The SMILES string of the molecule is Cc1ccnc(C2(O)CC3COCC(C2)N3C(=O)OCC2c3ccccc3-c3ccccc32)c1. The van der Waals surface area contributed by atoms with Crippen molar-refractivity contribution < 1.29 is 19.4 Å². The molecule has 1 N–H and O–H groups in total. The van der Waals surface area contributed by atoms with E-state index in [1.54, 1.807) is 11.1 Å². The van der Waals surface area contributed by atoms with Gasteiger partial charge in [0.2, 0.25) is 0 Å². The van der Waals surface area contributed by atoms with Gasteiger partial charge in [-0.2, -0.15) is 0 Å². The summed E-state index contributed by atoms with van der Waals surface area (Å²) in [6.45, 7) is 3.04. The maximum Gasteiger partial charge on any atom is 0.410 e. The lowest BCUT2D eigenvalue weighted by Gasteiger charge is -2.50. The Morgan fingerprint density at radius 1 is 1.06 bits per heavy atom. The third kappa shape index (κ3) is 3.49. The largest absolute Gasteiger partial charge is 0.448 e. The summed E-state index contributed by atoms with van der Waals surface area (Å²) in [5.74, 6) is 0.0191. The minimum absolute atomic E-state index is 0.0191. The second kappa shape index (κ2) is 8.22. The summed E-state index contributed by atoms with van der Waals surface area (Å²) >= 11 is 0. The van der Waals surface area contributed by atoms with Crippen LogP contribution >= 0.6 is 0 Å². The molecule has 6 rings (SSSR count). The molecule has 2 fully saturated rings. The van der Waals surface area contributed by atoms with Crippen LogP contribution in [0, 0.1) is 6.92 Å². The van der Waals surface area contributed by atoms with Gasteiger partial charge in [0.15, 0.2) is 0 Å². The number of aromatic nitrogens is 1. The average molecular weight is 457 g/mol. The van der Waals surface area contributed by atoms with Gasteiger partial charge < -0.3 is 14.6 Å². The van der Waals surface area contributed by atoms with E-state index in [2.05, 4.69) is 29.2 Å². The molecule has 1 aliphatic carbocycles. The van der Waals surface area contributed by atoms with Gasteiger partial charge in [-0.15, -0.1) is 0 Å². The lowest BCUT2D eigenvalue weighted by Crippen LogP contribution is -2.62. The topological polar surface area (TPSA) is 71.9 Å². The molecule has 3 heterocycles. The number of hydrogen-bond donors (Lipinski definition) is 1. The highest BCUT2D eigenvalue weighted by molar-refractivity contribution is 5.79. The molecule has 0 spiro atoms. The van der Waals surface area contributed by atoms with Gasteiger partial charge in [0.05, 0.1) is 31.0 Å². The highest BCUT2D eigenvalue weighted by Gasteiger charge is 2.50. The summed E-state index contributed by atoms with van der Waals surface area (Å²) in [5, 5.41) is 11.5. The number of amides is 1. The number of benzene rings is 2. The molecule has 2 aliphatic heterocycles. The third-order valence-corrected chi connectivity index (χ3v) is 7.49. The second-order valence-corrected chi connectivity index (χ2v) is 9.71. The molecule has 3 aromatic rings. The lowest BCUT2D eigenvalue weighted by atomic mass is 9.79. The monoisotopic (exact) mass is 456 g/mol. The number of morpholine rings is 1. The molecule has 1 amide bonds. The van der Waals surface area contributed by atoms with E-state index in [1.165, 1.54) is 22.3 Å². The smallest absolute Gasteiger partial charge is 0.410 e. The fourth-order valence-electron chi connectivity index (χ4n) is 5.94. The number of aliphatic hydroxyl groups is 1. The summed E-state index contributed by atoms with van der Waals surface area (Å²) in [5.41, 5.74) is 5.44. The number of ether oxygens (including phenoxy) is 2. The molecular formula is C28H28N2O4. The van der Waals surface area contributed by atoms with Crippen LogP contribution in [-0.2, 0) is 15.1 Å². The maximum absolute atomic E-state index is 13.3. The Hall–Kier alpha value is -3.22. The molecule has 2 bridgehead atoms. The molecule has 0 radical (unpaired) electrons. The molecule has 1 aromatic heterocycles. The molecule has 174 valence electrons. The van der Waals surface area contributed by atoms with Crippen LogP contribution in [0.1, 0.15) is 41.1 Å². The standard InChI is InChI=1S/C28H28N2O4/c1-18-10-11-29-26(12-18)28(32)13-19-15-33-16-20(14-28)30(19)27(31)34-17-25-23-8-4-2-6-21(23)22-7-3-5-9-24(22)25/h2-12,19-20,25,32H,13-17H2,1H3. The van der Waals surface area contributed by atoms with Crippen LogP contribution in [0.3, 0.4) is 0 Å². The Kier molecular flexibility index (Phi) is 5.15. The zero-order valence-electron chi connectivity index (χ0n) is 19.2. The molecule has 2 saturated heterocycles. The number of rotatable bonds is 3. The van der Waals surface area contributed by atoms with E-state index >= 15 is 0 Å². The highest BCUT2D eigenvalue weighted by atomic mass is 16.6. The van der Waals surface area contributed by atoms with Gasteiger partial charge >= 0.3 is 6.09 Å². The van der Waals surface area contributed by atoms with E-state index in [1.807, 2.05) is 43.3 Å².